The van der Waals surface area contributed by atoms with Crippen molar-refractivity contribution < 1.29 is 42.9 Å². The third-order valence-corrected chi connectivity index (χ3v) is 11.0. The number of carboxylic acid groups (broad SMARTS) is 1. The van der Waals surface area contributed by atoms with E-state index in [4.69, 9.17) is 20.9 Å². The maximum Gasteiger partial charge on any atom is 0.410 e. The number of anilines is 1. The Morgan fingerprint density at radius 2 is 1.50 bits per heavy atom. The number of primary amides is 1. The molecule has 1 aromatic heterocycles. The Balaban J connectivity index is 0.00000578. The SMILES string of the molecule is CCn1cc(C(=O)O)c(=O)c2cc(F)c(N3CCN(C(=O)OCc4ccc(CC(=O)[C@H](CCCCC(N)=O)N/C=C(\N)[C@@H](NC(=O)OCc5ccccc5)C(C)(C)C)cc4)CC3)cc21.N.N. The van der Waals surface area contributed by atoms with Crippen LogP contribution < -0.4 is 44.7 Å². The average molecular weight is 918 g/mol. The van der Waals surface area contributed by atoms with Crippen molar-refractivity contribution in [2.75, 3.05) is 31.1 Å². The fourth-order valence-corrected chi connectivity index (χ4v) is 7.45. The van der Waals surface area contributed by atoms with E-state index in [1.165, 1.54) is 17.3 Å². The van der Waals surface area contributed by atoms with E-state index in [1.807, 2.05) is 51.1 Å². The number of hydrogen-bond acceptors (Lipinski definition) is 13. The van der Waals surface area contributed by atoms with Crippen molar-refractivity contribution in [2.45, 2.75) is 91.6 Å². The lowest BCUT2D eigenvalue weighted by Gasteiger charge is -2.35. The molecule has 2 atom stereocenters. The lowest BCUT2D eigenvalue weighted by Crippen LogP contribution is -2.49. The fraction of sp³-hybridized carbons (Fsp3) is 0.404. The highest BCUT2D eigenvalue weighted by Crippen LogP contribution is 2.27. The highest BCUT2D eigenvalue weighted by atomic mass is 19.1. The Hall–Kier alpha value is -6.99. The summed E-state index contributed by atoms with van der Waals surface area (Å²) in [5.41, 5.74) is 13.4. The van der Waals surface area contributed by atoms with E-state index in [-0.39, 0.29) is 68.3 Å². The van der Waals surface area contributed by atoms with E-state index in [0.717, 1.165) is 17.2 Å². The van der Waals surface area contributed by atoms with Gasteiger partial charge in [-0.3, -0.25) is 14.4 Å². The molecule has 0 aliphatic carbocycles. The number of halogens is 1. The number of amides is 3. The average Bonchev–Trinajstić information content (AvgIpc) is 3.26. The zero-order chi connectivity index (χ0) is 46.6. The predicted molar refractivity (Wildman–Crippen MR) is 250 cm³/mol. The van der Waals surface area contributed by atoms with Crippen LogP contribution >= 0.6 is 0 Å². The van der Waals surface area contributed by atoms with E-state index in [1.54, 1.807) is 46.7 Å². The van der Waals surface area contributed by atoms with Crippen LogP contribution in [0.4, 0.5) is 19.7 Å². The van der Waals surface area contributed by atoms with Crippen LogP contribution in [-0.4, -0.2) is 82.7 Å². The molecule has 19 heteroatoms. The Morgan fingerprint density at radius 3 is 2.11 bits per heavy atom. The van der Waals surface area contributed by atoms with Crippen LogP contribution in [0, 0.1) is 11.2 Å². The van der Waals surface area contributed by atoms with Gasteiger partial charge in [-0.15, -0.1) is 0 Å². The molecule has 0 radical (unpaired) electrons. The van der Waals surface area contributed by atoms with Crippen molar-refractivity contribution in [1.82, 2.24) is 32.4 Å². The minimum Gasteiger partial charge on any atom is -0.477 e. The van der Waals surface area contributed by atoms with E-state index < -0.39 is 58.4 Å². The molecule has 18 nitrogen and oxygen atoms in total. The molecule has 5 rings (SSSR count). The van der Waals surface area contributed by atoms with Gasteiger partial charge in [-0.2, -0.15) is 0 Å². The van der Waals surface area contributed by atoms with Gasteiger partial charge in [0.15, 0.2) is 5.78 Å². The molecular formula is C47H64FN9O9. The molecule has 66 heavy (non-hydrogen) atoms. The molecule has 1 aliphatic rings. The number of alkyl carbamates (subject to hydrolysis) is 1. The Morgan fingerprint density at radius 1 is 0.879 bits per heavy atom. The number of benzene rings is 3. The first-order valence-electron chi connectivity index (χ1n) is 21.3. The van der Waals surface area contributed by atoms with Gasteiger partial charge in [0.25, 0.3) is 0 Å². The maximum atomic E-state index is 15.4. The number of nitrogens with zero attached hydrogens (tertiary/aromatic N) is 3. The maximum absolute atomic E-state index is 15.4. The van der Waals surface area contributed by atoms with Crippen LogP contribution in [0.1, 0.15) is 80.4 Å². The zero-order valence-electron chi connectivity index (χ0n) is 38.1. The lowest BCUT2D eigenvalue weighted by atomic mass is 9.85. The zero-order valence-corrected chi connectivity index (χ0v) is 38.1. The van der Waals surface area contributed by atoms with Crippen LogP contribution in [0.15, 0.2) is 89.6 Å². The number of ether oxygens (including phenoxy) is 2. The Labute approximate surface area is 383 Å². The molecule has 13 N–H and O–H groups in total. The second-order valence-corrected chi connectivity index (χ2v) is 16.9. The first-order valence-corrected chi connectivity index (χ1v) is 21.3. The first-order chi connectivity index (χ1) is 30.4. The number of carboxylic acids is 1. The van der Waals surface area contributed by atoms with E-state index in [2.05, 4.69) is 10.6 Å². The normalized spacial score (nSPS) is 13.7. The molecule has 3 aromatic carbocycles. The van der Waals surface area contributed by atoms with Gasteiger partial charge in [0, 0.05) is 69.0 Å². The van der Waals surface area contributed by atoms with Gasteiger partial charge in [0.1, 0.15) is 24.6 Å². The van der Waals surface area contributed by atoms with Crippen molar-refractivity contribution in [3.8, 4) is 0 Å². The lowest BCUT2D eigenvalue weighted by molar-refractivity contribution is -0.120. The molecule has 358 valence electrons. The number of ketones is 1. The van der Waals surface area contributed by atoms with Crippen molar-refractivity contribution in [3.05, 3.63) is 123 Å². The summed E-state index contributed by atoms with van der Waals surface area (Å²) in [6.07, 6.45) is 3.35. The molecule has 4 aromatic rings. The fourth-order valence-electron chi connectivity index (χ4n) is 7.45. The largest absolute Gasteiger partial charge is 0.477 e. The Bertz CT molecular complexity index is 2400. The summed E-state index contributed by atoms with van der Waals surface area (Å²) >= 11 is 0. The summed E-state index contributed by atoms with van der Waals surface area (Å²) in [4.78, 5) is 78.6. The number of aryl methyl sites for hydroxylation is 1. The van der Waals surface area contributed by atoms with Gasteiger partial charge in [-0.1, -0.05) is 81.8 Å². The van der Waals surface area contributed by atoms with E-state index in [0.29, 0.717) is 55.7 Å². The molecule has 0 unspecified atom stereocenters. The van der Waals surface area contributed by atoms with Crippen molar-refractivity contribution in [2.24, 2.45) is 16.9 Å². The standard InChI is InChI=1S/C47H58FN7O9.2H3N/c1-5-53-27-34(44(59)60)42(58)33-24-35(48)39(25-38(33)53)54-19-21-55(22-20-54)46(62)64-29-32-17-15-30(16-18-32)23-40(56)37(13-9-10-14-41(50)57)51-26-36(49)43(47(2,3)4)52-45(61)63-28-31-11-7-6-8-12-31;;/h6-8,11-12,15-18,24-27,37,43,51H,5,9-10,13-14,19-23,28-29,49H2,1-4H3,(H2,50,57)(H,52,61)(H,59,60);2*1H3/b36-26-;;/t37-,43+;;/m0../s1. The molecule has 1 aliphatic heterocycles. The van der Waals surface area contributed by atoms with Crippen LogP contribution in [0.5, 0.6) is 0 Å². The van der Waals surface area contributed by atoms with Gasteiger partial charge in [-0.25, -0.2) is 18.8 Å². The van der Waals surface area contributed by atoms with E-state index >= 15 is 4.39 Å². The van der Waals surface area contributed by atoms with Crippen LogP contribution in [0.25, 0.3) is 10.9 Å². The highest BCUT2D eigenvalue weighted by molar-refractivity contribution is 5.93. The van der Waals surface area contributed by atoms with Gasteiger partial charge < -0.3 is 63.3 Å². The third kappa shape index (κ3) is 14.5. The second kappa shape index (κ2) is 24.3. The molecular weight excluding hydrogens is 854 g/mol. The number of carbonyl (C=O) groups is 5. The Kier molecular flexibility index (Phi) is 19.7. The number of nitrogens with one attached hydrogen (secondary N) is 2. The highest BCUT2D eigenvalue weighted by Gasteiger charge is 2.30. The van der Waals surface area contributed by atoms with Crippen molar-refractivity contribution in [1.29, 1.82) is 0 Å². The monoisotopic (exact) mass is 917 g/mol. The summed E-state index contributed by atoms with van der Waals surface area (Å²) in [7, 11) is 0. The number of aromatic carboxylic acids is 1. The number of hydrogen-bond donors (Lipinski definition) is 7. The van der Waals surface area contributed by atoms with Crippen LogP contribution in [0.2, 0.25) is 0 Å². The molecule has 0 spiro atoms. The van der Waals surface area contributed by atoms with Gasteiger partial charge in [0.05, 0.1) is 23.3 Å². The topological polar surface area (TPSA) is 299 Å². The van der Waals surface area contributed by atoms with Crippen molar-refractivity contribution >= 4 is 46.4 Å². The van der Waals surface area contributed by atoms with Crippen LogP contribution in [0.3, 0.4) is 0 Å². The smallest absolute Gasteiger partial charge is 0.410 e. The molecule has 1 saturated heterocycles. The number of piperazine rings is 1. The second-order valence-electron chi connectivity index (χ2n) is 16.9. The molecule has 0 saturated carbocycles. The van der Waals surface area contributed by atoms with Crippen molar-refractivity contribution in [3.63, 3.8) is 0 Å². The number of fused-ring (bicyclic) bond motifs is 1. The number of rotatable bonds is 19. The number of Topliss-reactive ketones (excluding diaryl/α,β-unsaturated/α-hetero) is 1. The summed E-state index contributed by atoms with van der Waals surface area (Å²) < 4.78 is 28.0. The number of pyridine rings is 1. The van der Waals surface area contributed by atoms with Crippen LogP contribution in [-0.2, 0) is 45.2 Å². The number of unbranched alkanes of at least 4 members (excludes halogenated alkanes) is 1. The van der Waals surface area contributed by atoms with Gasteiger partial charge in [-0.05, 0) is 54.0 Å². The summed E-state index contributed by atoms with van der Waals surface area (Å²) in [5.74, 6) is -2.59. The van der Waals surface area contributed by atoms with E-state index in [9.17, 15) is 33.9 Å². The molecule has 2 heterocycles. The number of carbonyl (C=O) groups excluding carboxylic acids is 4. The third-order valence-electron chi connectivity index (χ3n) is 11.0. The molecule has 0 bridgehead atoms. The summed E-state index contributed by atoms with van der Waals surface area (Å²) in [5, 5.41) is 15.4. The summed E-state index contributed by atoms with van der Waals surface area (Å²) in [6.45, 7) is 9.09. The van der Waals surface area contributed by atoms with Gasteiger partial charge in [0.2, 0.25) is 11.3 Å². The van der Waals surface area contributed by atoms with Gasteiger partial charge >= 0.3 is 18.2 Å². The molecule has 3 amide bonds. The minimum absolute atomic E-state index is 0. The quantitative estimate of drug-likeness (QED) is 0.0539. The minimum atomic E-state index is -1.38. The first kappa shape index (κ1) is 53.3. The molecule has 1 fully saturated rings. The summed E-state index contributed by atoms with van der Waals surface area (Å²) in [6, 6.07) is 17.7. The number of aromatic nitrogens is 1. The number of nitrogens with two attached hydrogens (primary N) is 2. The predicted octanol–water partition coefficient (Wildman–Crippen LogP) is 5.90.